The van der Waals surface area contributed by atoms with Crippen molar-refractivity contribution in [3.8, 4) is 12.1 Å². The van der Waals surface area contributed by atoms with Crippen LogP contribution in [-0.4, -0.2) is 67.4 Å². The van der Waals surface area contributed by atoms with E-state index in [9.17, 15) is 30.3 Å². The van der Waals surface area contributed by atoms with Crippen molar-refractivity contribution in [1.29, 1.82) is 10.5 Å². The Labute approximate surface area is 210 Å². The van der Waals surface area contributed by atoms with Gasteiger partial charge in [-0.15, -0.1) is 0 Å². The normalized spacial score (nSPS) is 14.4. The van der Waals surface area contributed by atoms with Gasteiger partial charge in [-0.25, -0.2) is 0 Å². The Balaban J connectivity index is 0.000000216. The number of nitro benzene ring substituents is 3. The maximum Gasteiger partial charge on any atom is 0.293 e. The van der Waals surface area contributed by atoms with Gasteiger partial charge in [0.2, 0.25) is 0 Å². The lowest BCUT2D eigenvalue weighted by atomic mass is 10.1. The first-order valence-electron chi connectivity index (χ1n) is 10.9. The average Bonchev–Trinajstić information content (AvgIpc) is 2.94. The minimum atomic E-state index is -0.828. The van der Waals surface area contributed by atoms with Crippen LogP contribution >= 0.6 is 0 Å². The van der Waals surface area contributed by atoms with E-state index < -0.39 is 26.1 Å². The van der Waals surface area contributed by atoms with Gasteiger partial charge in [-0.05, 0) is 18.2 Å². The highest BCUT2D eigenvalue weighted by Gasteiger charge is 2.19. The monoisotopic (exact) mass is 513 g/mol. The van der Waals surface area contributed by atoms with Crippen molar-refractivity contribution in [3.05, 3.63) is 77.9 Å². The molecule has 4 rings (SSSR count). The molecule has 0 saturated carbocycles. The van der Waals surface area contributed by atoms with Crippen molar-refractivity contribution in [2.24, 2.45) is 0 Å². The number of nitro groups is 3. The number of morpholine rings is 2. The van der Waals surface area contributed by atoms with E-state index in [1.165, 1.54) is 12.1 Å². The highest BCUT2D eigenvalue weighted by Crippen LogP contribution is 2.26. The molecule has 0 radical (unpaired) electrons. The molecule has 0 amide bonds. The zero-order chi connectivity index (χ0) is 27.2. The Hall–Kier alpha value is -4.70. The first-order valence-corrected chi connectivity index (χ1v) is 10.9. The van der Waals surface area contributed by atoms with Gasteiger partial charge in [-0.3, -0.25) is 30.3 Å². The molecule has 15 nitrogen and oxygen atoms in total. The molecular weight excluding hydrogens is 490 g/mol. The second-order valence-electron chi connectivity index (χ2n) is 7.36. The second-order valence-corrected chi connectivity index (χ2v) is 7.36. The van der Waals surface area contributed by atoms with Gasteiger partial charge in [0.25, 0.3) is 17.1 Å². The highest BCUT2D eigenvalue weighted by atomic mass is 16.6. The fraction of sp³-hybridized carbons (Fsp3) is 0.364. The van der Waals surface area contributed by atoms with Gasteiger partial charge < -0.3 is 19.7 Å². The number of benzene rings is 2. The third kappa shape index (κ3) is 8.79. The Bertz CT molecular complexity index is 1190. The topological polar surface area (TPSA) is 211 Å². The van der Waals surface area contributed by atoms with E-state index in [0.717, 1.165) is 50.2 Å². The van der Waals surface area contributed by atoms with Crippen LogP contribution in [0, 0.1) is 53.0 Å². The predicted octanol–water partition coefficient (Wildman–Crippen LogP) is 2.28. The maximum absolute atomic E-state index is 10.8. The van der Waals surface area contributed by atoms with Crippen LogP contribution in [0.5, 0.6) is 0 Å². The molecule has 2 aromatic carbocycles. The summed E-state index contributed by atoms with van der Waals surface area (Å²) in [5.41, 5.74) is -0.444. The third-order valence-electron chi connectivity index (χ3n) is 5.03. The Morgan fingerprint density at radius 3 is 1.70 bits per heavy atom. The number of nitrogens with zero attached hydrogens (tertiary/aromatic N) is 6. The van der Waals surface area contributed by atoms with Crippen LogP contribution in [0.1, 0.15) is 11.1 Å². The Morgan fingerprint density at radius 2 is 1.27 bits per heavy atom. The molecule has 0 unspecified atom stereocenters. The van der Waals surface area contributed by atoms with Crippen LogP contribution in [0.3, 0.4) is 0 Å². The maximum atomic E-state index is 10.8. The zero-order valence-corrected chi connectivity index (χ0v) is 19.6. The summed E-state index contributed by atoms with van der Waals surface area (Å²) in [6.07, 6.45) is 0. The molecule has 194 valence electrons. The second kappa shape index (κ2) is 14.6. The smallest absolute Gasteiger partial charge is 0.293 e. The van der Waals surface area contributed by atoms with Gasteiger partial charge in [0.05, 0.1) is 47.3 Å². The van der Waals surface area contributed by atoms with Crippen molar-refractivity contribution in [2.45, 2.75) is 0 Å². The first kappa shape index (κ1) is 28.5. The van der Waals surface area contributed by atoms with Crippen molar-refractivity contribution < 1.29 is 24.2 Å². The average molecular weight is 513 g/mol. The fourth-order valence-electron chi connectivity index (χ4n) is 3.18. The summed E-state index contributed by atoms with van der Waals surface area (Å²) in [5, 5.41) is 51.9. The summed E-state index contributed by atoms with van der Waals surface area (Å²) in [4.78, 5) is 31.4. The number of ether oxygens (including phenoxy) is 2. The molecule has 0 atom stereocenters. The van der Waals surface area contributed by atoms with Gasteiger partial charge in [-0.2, -0.15) is 10.5 Å². The summed E-state index contributed by atoms with van der Waals surface area (Å²) in [6, 6.07) is 10.9. The van der Waals surface area contributed by atoms with E-state index in [4.69, 9.17) is 20.0 Å². The number of nitrogens with one attached hydrogen (secondary N) is 1. The minimum Gasteiger partial charge on any atom is -0.379 e. The lowest BCUT2D eigenvalue weighted by Gasteiger charge is -2.28. The highest BCUT2D eigenvalue weighted by molar-refractivity contribution is 5.60. The lowest BCUT2D eigenvalue weighted by molar-refractivity contribution is -0.394. The van der Waals surface area contributed by atoms with Crippen molar-refractivity contribution in [2.75, 3.05) is 57.5 Å². The van der Waals surface area contributed by atoms with Crippen LogP contribution < -0.4 is 10.2 Å². The standard InChI is InChI=1S/C11H11N3O3.C7H3N3O4.C4H9NO/c12-8-9-1-2-10(7-11(9)14(15)16)13-3-5-17-6-4-13;8-4-5-1-2-6(9(11)12)3-7(5)10(13)14;1-3-6-4-2-5-1/h1-2,7H,3-6H2;1-3H;5H,1-4H2. The largest absolute Gasteiger partial charge is 0.379 e. The number of hydrogen-bond acceptors (Lipinski definition) is 12. The number of hydrogen-bond donors (Lipinski definition) is 1. The zero-order valence-electron chi connectivity index (χ0n) is 19.6. The van der Waals surface area contributed by atoms with E-state index in [1.807, 2.05) is 11.0 Å². The molecule has 2 saturated heterocycles. The van der Waals surface area contributed by atoms with Crippen LogP contribution in [0.25, 0.3) is 0 Å². The molecule has 15 heteroatoms. The predicted molar refractivity (Wildman–Crippen MR) is 129 cm³/mol. The van der Waals surface area contributed by atoms with E-state index in [0.29, 0.717) is 26.3 Å². The van der Waals surface area contributed by atoms with Gasteiger partial charge in [-0.1, -0.05) is 0 Å². The molecule has 2 aromatic rings. The molecule has 2 aliphatic heterocycles. The van der Waals surface area contributed by atoms with Gasteiger partial charge in [0, 0.05) is 44.0 Å². The third-order valence-corrected chi connectivity index (χ3v) is 5.03. The van der Waals surface area contributed by atoms with Crippen LogP contribution in [0.2, 0.25) is 0 Å². The number of nitriles is 2. The quantitative estimate of drug-likeness (QED) is 0.461. The summed E-state index contributed by atoms with van der Waals surface area (Å²) in [6.45, 7) is 6.49. The van der Waals surface area contributed by atoms with Crippen LogP contribution in [-0.2, 0) is 9.47 Å². The van der Waals surface area contributed by atoms with Gasteiger partial charge >= 0.3 is 0 Å². The first-order chi connectivity index (χ1) is 17.8. The summed E-state index contributed by atoms with van der Waals surface area (Å²) < 4.78 is 10.2. The van der Waals surface area contributed by atoms with Gasteiger partial charge in [0.15, 0.2) is 0 Å². The molecule has 2 fully saturated rings. The van der Waals surface area contributed by atoms with Crippen molar-refractivity contribution in [3.63, 3.8) is 0 Å². The van der Waals surface area contributed by atoms with Crippen LogP contribution in [0.15, 0.2) is 36.4 Å². The number of rotatable bonds is 4. The Kier molecular flexibility index (Phi) is 11.3. The molecule has 0 bridgehead atoms. The van der Waals surface area contributed by atoms with E-state index in [1.54, 1.807) is 12.1 Å². The molecule has 2 heterocycles. The lowest BCUT2D eigenvalue weighted by Crippen LogP contribution is -2.36. The molecule has 2 aliphatic rings. The Morgan fingerprint density at radius 1 is 0.757 bits per heavy atom. The summed E-state index contributed by atoms with van der Waals surface area (Å²) in [7, 11) is 0. The SMILES string of the molecule is C1COCCN1.N#Cc1ccc(N2CCOCC2)cc1[N+](=O)[O-].N#Cc1ccc([N+](=O)[O-])cc1[N+](=O)[O-]. The molecule has 0 spiro atoms. The molecule has 1 N–H and O–H groups in total. The summed E-state index contributed by atoms with van der Waals surface area (Å²) >= 11 is 0. The van der Waals surface area contributed by atoms with E-state index in [-0.39, 0.29) is 16.8 Å². The molecular formula is C22H23N7O8. The minimum absolute atomic E-state index is 0.0898. The fourth-order valence-corrected chi connectivity index (χ4v) is 3.18. The summed E-state index contributed by atoms with van der Waals surface area (Å²) in [5.74, 6) is 0. The molecule has 37 heavy (non-hydrogen) atoms. The number of non-ortho nitro benzene ring substituents is 1. The van der Waals surface area contributed by atoms with E-state index in [2.05, 4.69) is 5.32 Å². The van der Waals surface area contributed by atoms with Crippen molar-refractivity contribution >= 4 is 22.7 Å². The molecule has 0 aromatic heterocycles. The molecule has 0 aliphatic carbocycles. The number of anilines is 1. The van der Waals surface area contributed by atoms with E-state index >= 15 is 0 Å². The van der Waals surface area contributed by atoms with Crippen LogP contribution in [0.4, 0.5) is 22.7 Å². The van der Waals surface area contributed by atoms with Crippen molar-refractivity contribution in [1.82, 2.24) is 5.32 Å². The van der Waals surface area contributed by atoms with Gasteiger partial charge in [0.1, 0.15) is 23.3 Å².